The van der Waals surface area contributed by atoms with Gasteiger partial charge in [-0.15, -0.1) is 0 Å². The molecule has 0 bridgehead atoms. The largest absolute Gasteiger partial charge is 0.451 e. The molecule has 1 aromatic heterocycles. The fraction of sp³-hybridized carbons (Fsp3) is 0. The van der Waals surface area contributed by atoms with Gasteiger partial charge in [0, 0.05) is 0 Å². The molecular weight excluding hydrogens is 339 g/mol. The maximum absolute atomic E-state index is 9.15. The normalized spacial score (nSPS) is 10.7. The van der Waals surface area contributed by atoms with Crippen LogP contribution in [0.1, 0.15) is 16.9 Å². The van der Waals surface area contributed by atoms with Crippen LogP contribution in [-0.4, -0.2) is 0 Å². The van der Waals surface area contributed by atoms with Crippen molar-refractivity contribution in [3.63, 3.8) is 0 Å². The monoisotopic (exact) mass is 346 g/mol. The summed E-state index contributed by atoms with van der Waals surface area (Å²) in [6, 6.07) is 14.7. The van der Waals surface area contributed by atoms with Crippen LogP contribution < -0.4 is 0 Å². The molecule has 18 heavy (non-hydrogen) atoms. The minimum atomic E-state index is 0.505. The van der Waals surface area contributed by atoms with Crippen LogP contribution >= 0.6 is 22.6 Å². The molecule has 0 aliphatic rings. The molecule has 0 spiro atoms. The van der Waals surface area contributed by atoms with E-state index < -0.39 is 0 Å². The summed E-state index contributed by atoms with van der Waals surface area (Å²) in [5, 5.41) is 17.9. The lowest BCUT2D eigenvalue weighted by Gasteiger charge is -1.98. The van der Waals surface area contributed by atoms with Crippen molar-refractivity contribution in [2.24, 2.45) is 0 Å². The topological polar surface area (TPSA) is 60.7 Å². The fourth-order valence-electron chi connectivity index (χ4n) is 1.45. The third-order valence-corrected chi connectivity index (χ3v) is 2.91. The van der Waals surface area contributed by atoms with Crippen LogP contribution in [0.15, 0.2) is 40.8 Å². The van der Waals surface area contributed by atoms with Crippen LogP contribution in [0.4, 0.5) is 0 Å². The highest BCUT2D eigenvalue weighted by atomic mass is 127. The number of allylic oxidation sites excluding steroid dienone is 1. The van der Waals surface area contributed by atoms with Gasteiger partial charge in [0.25, 0.3) is 0 Å². The first-order chi connectivity index (χ1) is 8.72. The molecule has 0 aliphatic carbocycles. The lowest BCUT2D eigenvalue weighted by molar-refractivity contribution is 0.528. The van der Waals surface area contributed by atoms with E-state index in [-0.39, 0.29) is 0 Å². The number of nitriles is 2. The Kier molecular flexibility index (Phi) is 3.81. The second-order valence-electron chi connectivity index (χ2n) is 3.50. The molecule has 0 unspecified atom stereocenters. The molecule has 0 fully saturated rings. The number of halogens is 1. The molecule has 0 amide bonds. The average molecular weight is 346 g/mol. The van der Waals surface area contributed by atoms with E-state index in [4.69, 9.17) is 14.9 Å². The Morgan fingerprint density at radius 3 is 2.33 bits per heavy atom. The van der Waals surface area contributed by atoms with Crippen molar-refractivity contribution in [3.05, 3.63) is 57.1 Å². The molecule has 0 saturated heterocycles. The van der Waals surface area contributed by atoms with E-state index >= 15 is 0 Å². The van der Waals surface area contributed by atoms with Gasteiger partial charge in [0.05, 0.1) is 23.3 Å². The van der Waals surface area contributed by atoms with Gasteiger partial charge in [-0.3, -0.25) is 0 Å². The lowest BCUT2D eigenvalue weighted by Crippen LogP contribution is -1.82. The van der Waals surface area contributed by atoms with E-state index in [1.54, 1.807) is 30.3 Å². The Hall–Kier alpha value is -2.05. The predicted molar refractivity (Wildman–Crippen MR) is 76.1 cm³/mol. The van der Waals surface area contributed by atoms with E-state index in [9.17, 15) is 0 Å². The van der Waals surface area contributed by atoms with Gasteiger partial charge in [-0.2, -0.15) is 10.5 Å². The fourth-order valence-corrected chi connectivity index (χ4v) is 1.89. The summed E-state index contributed by atoms with van der Waals surface area (Å²) in [7, 11) is 0. The van der Waals surface area contributed by atoms with Gasteiger partial charge < -0.3 is 4.42 Å². The van der Waals surface area contributed by atoms with E-state index in [0.717, 1.165) is 9.33 Å². The average Bonchev–Trinajstić information content (AvgIpc) is 2.82. The van der Waals surface area contributed by atoms with Crippen molar-refractivity contribution < 1.29 is 4.42 Å². The van der Waals surface area contributed by atoms with E-state index in [1.165, 1.54) is 0 Å². The SMILES string of the molecule is N#C/C(=C\c1ccc(I)o1)c1ccc(C#N)cc1. The zero-order valence-corrected chi connectivity index (χ0v) is 11.4. The highest BCUT2D eigenvalue weighted by Gasteiger charge is 2.03. The van der Waals surface area contributed by atoms with Crippen molar-refractivity contribution in [3.8, 4) is 12.1 Å². The molecule has 2 aromatic rings. The number of hydrogen-bond acceptors (Lipinski definition) is 3. The Morgan fingerprint density at radius 1 is 1.11 bits per heavy atom. The van der Waals surface area contributed by atoms with Crippen molar-refractivity contribution in [2.75, 3.05) is 0 Å². The maximum Gasteiger partial charge on any atom is 0.164 e. The number of hydrogen-bond donors (Lipinski definition) is 0. The molecule has 0 saturated carbocycles. The zero-order valence-electron chi connectivity index (χ0n) is 9.22. The van der Waals surface area contributed by atoms with Crippen molar-refractivity contribution in [2.45, 2.75) is 0 Å². The minimum absolute atomic E-state index is 0.505. The molecule has 1 heterocycles. The van der Waals surface area contributed by atoms with Crippen molar-refractivity contribution in [1.82, 2.24) is 0 Å². The maximum atomic E-state index is 9.15. The molecular formula is C14H7IN2O. The summed E-state index contributed by atoms with van der Waals surface area (Å²) < 4.78 is 6.16. The molecule has 86 valence electrons. The van der Waals surface area contributed by atoms with Crippen LogP contribution in [0.2, 0.25) is 0 Å². The molecule has 4 heteroatoms. The van der Waals surface area contributed by atoms with Gasteiger partial charge in [-0.25, -0.2) is 0 Å². The van der Waals surface area contributed by atoms with E-state index in [0.29, 0.717) is 16.9 Å². The first-order valence-electron chi connectivity index (χ1n) is 5.10. The molecule has 3 nitrogen and oxygen atoms in total. The van der Waals surface area contributed by atoms with Gasteiger partial charge in [0.2, 0.25) is 0 Å². The highest BCUT2D eigenvalue weighted by molar-refractivity contribution is 14.1. The molecule has 0 radical (unpaired) electrons. The molecule has 0 N–H and O–H groups in total. The van der Waals surface area contributed by atoms with Gasteiger partial charge in [-0.05, 0) is 58.5 Å². The zero-order chi connectivity index (χ0) is 13.0. The second kappa shape index (κ2) is 5.52. The number of benzene rings is 1. The summed E-state index contributed by atoms with van der Waals surface area (Å²) in [5.74, 6) is 0.639. The summed E-state index contributed by atoms with van der Waals surface area (Å²) >= 11 is 2.07. The minimum Gasteiger partial charge on any atom is -0.451 e. The van der Waals surface area contributed by atoms with Gasteiger partial charge in [0.15, 0.2) is 3.77 Å². The number of nitrogens with zero attached hydrogens (tertiary/aromatic N) is 2. The van der Waals surface area contributed by atoms with Gasteiger partial charge in [0.1, 0.15) is 5.76 Å². The molecule has 0 aliphatic heterocycles. The number of rotatable bonds is 2. The van der Waals surface area contributed by atoms with E-state index in [1.807, 2.05) is 18.2 Å². The Morgan fingerprint density at radius 2 is 1.83 bits per heavy atom. The molecule has 1 aromatic carbocycles. The van der Waals surface area contributed by atoms with Crippen LogP contribution in [0.3, 0.4) is 0 Å². The van der Waals surface area contributed by atoms with Crippen LogP contribution in [0.5, 0.6) is 0 Å². The van der Waals surface area contributed by atoms with Crippen molar-refractivity contribution >= 4 is 34.2 Å². The number of furan rings is 1. The summed E-state index contributed by atoms with van der Waals surface area (Å²) in [5.41, 5.74) is 1.84. The third-order valence-electron chi connectivity index (χ3n) is 2.33. The first-order valence-corrected chi connectivity index (χ1v) is 6.18. The quantitative estimate of drug-likeness (QED) is 0.614. The predicted octanol–water partition coefficient (Wildman–Crippen LogP) is 3.82. The Balaban J connectivity index is 2.37. The lowest BCUT2D eigenvalue weighted by atomic mass is 10.0. The van der Waals surface area contributed by atoms with E-state index in [2.05, 4.69) is 28.7 Å². The second-order valence-corrected chi connectivity index (χ2v) is 4.56. The smallest absolute Gasteiger partial charge is 0.164 e. The van der Waals surface area contributed by atoms with Crippen LogP contribution in [0, 0.1) is 26.4 Å². The van der Waals surface area contributed by atoms with Crippen LogP contribution in [0.25, 0.3) is 11.6 Å². The summed E-state index contributed by atoms with van der Waals surface area (Å²) in [6.07, 6.45) is 1.68. The molecule has 2 rings (SSSR count). The van der Waals surface area contributed by atoms with Gasteiger partial charge in [-0.1, -0.05) is 12.1 Å². The standard InChI is InChI=1S/C14H7IN2O/c15-14-6-5-13(18-14)7-12(9-17)11-3-1-10(8-16)2-4-11/h1-7H/b12-7+. The highest BCUT2D eigenvalue weighted by Crippen LogP contribution is 2.20. The Labute approximate surface area is 118 Å². The van der Waals surface area contributed by atoms with Crippen molar-refractivity contribution in [1.29, 1.82) is 10.5 Å². The third kappa shape index (κ3) is 2.79. The molecule has 0 atom stereocenters. The van der Waals surface area contributed by atoms with Crippen LogP contribution in [-0.2, 0) is 0 Å². The first kappa shape index (κ1) is 12.4. The Bertz CT molecular complexity index is 669. The summed E-state index contributed by atoms with van der Waals surface area (Å²) in [6.45, 7) is 0. The van der Waals surface area contributed by atoms with Gasteiger partial charge >= 0.3 is 0 Å². The summed E-state index contributed by atoms with van der Waals surface area (Å²) in [4.78, 5) is 0.